The summed E-state index contributed by atoms with van der Waals surface area (Å²) < 4.78 is 6.78. The fourth-order valence-electron chi connectivity index (χ4n) is 4.07. The molecule has 1 heterocycles. The molecular weight excluding hydrogens is 442 g/mol. The van der Waals surface area contributed by atoms with Crippen molar-refractivity contribution in [2.45, 2.75) is 33.0 Å². The number of anilines is 1. The summed E-state index contributed by atoms with van der Waals surface area (Å²) in [6.07, 6.45) is 0. The highest BCUT2D eigenvalue weighted by molar-refractivity contribution is 5.97. The van der Waals surface area contributed by atoms with Gasteiger partial charge in [-0.25, -0.2) is 4.68 Å². The molecule has 8 nitrogen and oxygen atoms in total. The lowest BCUT2D eigenvalue weighted by Crippen LogP contribution is -2.50. The Bertz CT molecular complexity index is 1290. The molecule has 0 aliphatic heterocycles. The summed E-state index contributed by atoms with van der Waals surface area (Å²) in [6.45, 7) is 4.15. The van der Waals surface area contributed by atoms with Gasteiger partial charge < -0.3 is 15.0 Å². The first-order chi connectivity index (χ1) is 17.0. The highest BCUT2D eigenvalue weighted by Gasteiger charge is 2.33. The van der Waals surface area contributed by atoms with Gasteiger partial charge in [0.2, 0.25) is 11.8 Å². The van der Waals surface area contributed by atoms with Gasteiger partial charge in [-0.3, -0.25) is 9.59 Å². The molecule has 0 unspecified atom stereocenters. The van der Waals surface area contributed by atoms with Gasteiger partial charge in [0.05, 0.1) is 12.6 Å². The average Bonchev–Trinajstić information content (AvgIpc) is 3.27. The van der Waals surface area contributed by atoms with Gasteiger partial charge in [0.15, 0.2) is 0 Å². The number of benzene rings is 3. The van der Waals surface area contributed by atoms with E-state index in [4.69, 9.17) is 4.74 Å². The normalized spacial score (nSPS) is 11.9. The van der Waals surface area contributed by atoms with Crippen molar-refractivity contribution in [3.8, 4) is 5.75 Å². The average molecular weight is 472 g/mol. The van der Waals surface area contributed by atoms with Gasteiger partial charge in [0.25, 0.3) is 0 Å². The molecule has 3 aromatic carbocycles. The number of nitrogens with one attached hydrogen (secondary N) is 1. The molecule has 0 saturated heterocycles. The standard InChI is InChI=1S/C27H29N5O3/c1-19(2)26(27(34)28-21-13-15-22(35-3)16-14-21)31(17-20-9-5-4-6-10-20)25(33)18-32-24-12-8-7-11-23(24)29-30-32/h4-16,19,26H,17-18H2,1-3H3,(H,28,34)/t26-/m0/s1. The van der Waals surface area contributed by atoms with E-state index in [2.05, 4.69) is 15.6 Å². The lowest BCUT2D eigenvalue weighted by molar-refractivity contribution is -0.141. The van der Waals surface area contributed by atoms with Crippen LogP contribution in [0.4, 0.5) is 5.69 Å². The molecule has 1 N–H and O–H groups in total. The van der Waals surface area contributed by atoms with Crippen LogP contribution in [0, 0.1) is 5.92 Å². The van der Waals surface area contributed by atoms with Crippen LogP contribution in [0.3, 0.4) is 0 Å². The Labute approximate surface area is 204 Å². The fraction of sp³-hybridized carbons (Fsp3) is 0.259. The molecule has 8 heteroatoms. The van der Waals surface area contributed by atoms with Crippen molar-refractivity contribution < 1.29 is 14.3 Å². The number of nitrogens with zero attached hydrogens (tertiary/aromatic N) is 4. The Kier molecular flexibility index (Phi) is 7.40. The van der Waals surface area contributed by atoms with Crippen LogP contribution in [-0.4, -0.2) is 44.9 Å². The summed E-state index contributed by atoms with van der Waals surface area (Å²) in [7, 11) is 1.59. The molecule has 2 amide bonds. The Balaban J connectivity index is 1.62. The summed E-state index contributed by atoms with van der Waals surface area (Å²) in [5.74, 6) is 0.101. The molecule has 0 fully saturated rings. The van der Waals surface area contributed by atoms with Crippen LogP contribution in [0.25, 0.3) is 11.0 Å². The molecule has 4 rings (SSSR count). The second-order valence-electron chi connectivity index (χ2n) is 8.65. The largest absolute Gasteiger partial charge is 0.497 e. The summed E-state index contributed by atoms with van der Waals surface area (Å²) in [5.41, 5.74) is 3.06. The van der Waals surface area contributed by atoms with Crippen LogP contribution in [0.1, 0.15) is 19.4 Å². The minimum atomic E-state index is -0.695. The predicted octanol–water partition coefficient (Wildman–Crippen LogP) is 4.13. The monoisotopic (exact) mass is 471 g/mol. The van der Waals surface area contributed by atoms with E-state index in [1.54, 1.807) is 41.0 Å². The van der Waals surface area contributed by atoms with E-state index in [9.17, 15) is 9.59 Å². The molecule has 0 radical (unpaired) electrons. The SMILES string of the molecule is COc1ccc(NC(=O)[C@H](C(C)C)N(Cc2ccccc2)C(=O)Cn2nnc3ccccc32)cc1. The topological polar surface area (TPSA) is 89.4 Å². The number of hydrogen-bond donors (Lipinski definition) is 1. The number of carbonyl (C=O) groups is 2. The lowest BCUT2D eigenvalue weighted by atomic mass is 10.00. The van der Waals surface area contributed by atoms with Crippen molar-refractivity contribution in [3.63, 3.8) is 0 Å². The lowest BCUT2D eigenvalue weighted by Gasteiger charge is -2.33. The predicted molar refractivity (Wildman–Crippen MR) is 135 cm³/mol. The number of fused-ring (bicyclic) bond motifs is 1. The van der Waals surface area contributed by atoms with Gasteiger partial charge in [-0.2, -0.15) is 0 Å². The molecule has 180 valence electrons. The molecular formula is C27H29N5O3. The summed E-state index contributed by atoms with van der Waals surface area (Å²) in [4.78, 5) is 28.8. The van der Waals surface area contributed by atoms with E-state index in [1.807, 2.05) is 68.4 Å². The molecule has 0 saturated carbocycles. The van der Waals surface area contributed by atoms with Gasteiger partial charge in [-0.05, 0) is 47.9 Å². The number of amides is 2. The summed E-state index contributed by atoms with van der Waals surface area (Å²) in [6, 6.07) is 23.6. The van der Waals surface area contributed by atoms with Crippen molar-refractivity contribution >= 4 is 28.5 Å². The minimum Gasteiger partial charge on any atom is -0.497 e. The van der Waals surface area contributed by atoms with Crippen LogP contribution in [0.2, 0.25) is 0 Å². The first kappa shape index (κ1) is 23.9. The van der Waals surface area contributed by atoms with Gasteiger partial charge in [0, 0.05) is 12.2 Å². The van der Waals surface area contributed by atoms with E-state index in [0.717, 1.165) is 11.1 Å². The number of para-hydroxylation sites is 1. The van der Waals surface area contributed by atoms with Crippen LogP contribution in [-0.2, 0) is 22.7 Å². The second kappa shape index (κ2) is 10.8. The third-order valence-electron chi connectivity index (χ3n) is 5.81. The Hall–Kier alpha value is -4.20. The maximum atomic E-state index is 13.7. The highest BCUT2D eigenvalue weighted by atomic mass is 16.5. The Morgan fingerprint density at radius 1 is 0.971 bits per heavy atom. The van der Waals surface area contributed by atoms with Crippen molar-refractivity contribution in [2.24, 2.45) is 5.92 Å². The van der Waals surface area contributed by atoms with Crippen molar-refractivity contribution in [2.75, 3.05) is 12.4 Å². The van der Waals surface area contributed by atoms with Crippen LogP contribution < -0.4 is 10.1 Å². The van der Waals surface area contributed by atoms with Crippen molar-refractivity contribution in [1.82, 2.24) is 19.9 Å². The van der Waals surface area contributed by atoms with Crippen LogP contribution in [0.5, 0.6) is 5.75 Å². The number of carbonyl (C=O) groups excluding carboxylic acids is 2. The minimum absolute atomic E-state index is 0.0214. The summed E-state index contributed by atoms with van der Waals surface area (Å²) >= 11 is 0. The van der Waals surface area contributed by atoms with Gasteiger partial charge in [0.1, 0.15) is 23.9 Å². The molecule has 1 aromatic heterocycles. The van der Waals surface area contributed by atoms with E-state index in [0.29, 0.717) is 23.5 Å². The van der Waals surface area contributed by atoms with Crippen LogP contribution >= 0.6 is 0 Å². The van der Waals surface area contributed by atoms with Gasteiger partial charge >= 0.3 is 0 Å². The van der Waals surface area contributed by atoms with Gasteiger partial charge in [-0.15, -0.1) is 5.10 Å². The smallest absolute Gasteiger partial charge is 0.247 e. The van der Waals surface area contributed by atoms with Crippen LogP contribution in [0.15, 0.2) is 78.9 Å². The molecule has 0 aliphatic rings. The second-order valence-corrected chi connectivity index (χ2v) is 8.65. The maximum absolute atomic E-state index is 13.7. The molecule has 0 bridgehead atoms. The highest BCUT2D eigenvalue weighted by Crippen LogP contribution is 2.21. The van der Waals surface area contributed by atoms with Gasteiger partial charge in [-0.1, -0.05) is 61.5 Å². The number of hydrogen-bond acceptors (Lipinski definition) is 5. The number of rotatable bonds is 9. The molecule has 0 spiro atoms. The quantitative estimate of drug-likeness (QED) is 0.396. The summed E-state index contributed by atoms with van der Waals surface area (Å²) in [5, 5.41) is 11.3. The Morgan fingerprint density at radius 2 is 1.66 bits per heavy atom. The van der Waals surface area contributed by atoms with E-state index < -0.39 is 6.04 Å². The number of aromatic nitrogens is 3. The number of methoxy groups -OCH3 is 1. The first-order valence-electron chi connectivity index (χ1n) is 11.5. The van der Waals surface area contributed by atoms with E-state index >= 15 is 0 Å². The zero-order valence-electron chi connectivity index (χ0n) is 20.1. The third kappa shape index (κ3) is 5.66. The fourth-order valence-corrected chi connectivity index (χ4v) is 4.07. The Morgan fingerprint density at radius 3 is 2.34 bits per heavy atom. The number of ether oxygens (including phenoxy) is 1. The maximum Gasteiger partial charge on any atom is 0.247 e. The first-order valence-corrected chi connectivity index (χ1v) is 11.5. The zero-order valence-corrected chi connectivity index (χ0v) is 20.1. The molecule has 0 aliphatic carbocycles. The molecule has 1 atom stereocenters. The zero-order chi connectivity index (χ0) is 24.8. The van der Waals surface area contributed by atoms with E-state index in [1.165, 1.54) is 0 Å². The molecule has 4 aromatic rings. The van der Waals surface area contributed by atoms with E-state index in [-0.39, 0.29) is 24.3 Å². The third-order valence-corrected chi connectivity index (χ3v) is 5.81. The van der Waals surface area contributed by atoms with Crippen molar-refractivity contribution in [1.29, 1.82) is 0 Å². The van der Waals surface area contributed by atoms with Crippen molar-refractivity contribution in [3.05, 3.63) is 84.4 Å². The molecule has 35 heavy (non-hydrogen) atoms.